The zero-order valence-electron chi connectivity index (χ0n) is 18.6. The third-order valence-electron chi connectivity index (χ3n) is 5.19. The Labute approximate surface area is 183 Å². The number of nitrogens with zero attached hydrogens (tertiary/aromatic N) is 2. The van der Waals surface area contributed by atoms with E-state index >= 15 is 0 Å². The van der Waals surface area contributed by atoms with Crippen LogP contribution in [0.2, 0.25) is 0 Å². The van der Waals surface area contributed by atoms with Crippen molar-refractivity contribution in [2.75, 3.05) is 31.2 Å². The van der Waals surface area contributed by atoms with Gasteiger partial charge in [0.05, 0.1) is 25.9 Å². The number of morpholine rings is 1. The molecule has 2 aromatic rings. The third-order valence-corrected chi connectivity index (χ3v) is 5.19. The van der Waals surface area contributed by atoms with Gasteiger partial charge in [-0.25, -0.2) is 4.98 Å². The first kappa shape index (κ1) is 23.0. The van der Waals surface area contributed by atoms with Crippen LogP contribution < -0.4 is 15.8 Å². The van der Waals surface area contributed by atoms with E-state index < -0.39 is 0 Å². The number of H-pyrrole nitrogens is 1. The predicted octanol–water partition coefficient (Wildman–Crippen LogP) is 2.09. The van der Waals surface area contributed by atoms with E-state index in [1.807, 2.05) is 49.9 Å². The van der Waals surface area contributed by atoms with Crippen LogP contribution in [0.3, 0.4) is 0 Å². The number of aromatic nitrogens is 2. The van der Waals surface area contributed by atoms with Crippen molar-refractivity contribution in [3.05, 3.63) is 57.0 Å². The molecule has 1 saturated heterocycles. The Morgan fingerprint density at radius 1 is 1.29 bits per heavy atom. The van der Waals surface area contributed by atoms with Crippen LogP contribution in [0.1, 0.15) is 42.7 Å². The molecule has 0 bridgehead atoms. The van der Waals surface area contributed by atoms with E-state index in [-0.39, 0.29) is 24.0 Å². The topological polar surface area (TPSA) is 96.6 Å². The third kappa shape index (κ3) is 6.90. The maximum atomic E-state index is 12.5. The summed E-state index contributed by atoms with van der Waals surface area (Å²) in [6.07, 6.45) is 0.761. The second-order valence-corrected chi connectivity index (χ2v) is 8.01. The highest BCUT2D eigenvalue weighted by atomic mass is 16.5. The molecule has 0 unspecified atom stereocenters. The Balaban J connectivity index is 1.51. The van der Waals surface area contributed by atoms with Crippen molar-refractivity contribution >= 4 is 11.9 Å². The Morgan fingerprint density at radius 3 is 2.74 bits per heavy atom. The number of ether oxygens (including phenoxy) is 2. The molecule has 1 amide bonds. The maximum absolute atomic E-state index is 12.5. The Hall–Kier alpha value is -2.71. The lowest BCUT2D eigenvalue weighted by molar-refractivity contribution is -0.121. The minimum Gasteiger partial charge on any atom is -0.378 e. The van der Waals surface area contributed by atoms with E-state index in [0.29, 0.717) is 63.1 Å². The second-order valence-electron chi connectivity index (χ2n) is 8.01. The highest BCUT2D eigenvalue weighted by Crippen LogP contribution is 2.12. The number of carbonyl (C=O) groups is 1. The van der Waals surface area contributed by atoms with Crippen molar-refractivity contribution in [3.63, 3.8) is 0 Å². The quantitative estimate of drug-likeness (QED) is 0.635. The normalized spacial score (nSPS) is 14.1. The highest BCUT2D eigenvalue weighted by Gasteiger charge is 2.16. The Bertz CT molecular complexity index is 935. The minimum atomic E-state index is -0.181. The lowest BCUT2D eigenvalue weighted by Crippen LogP contribution is -2.38. The number of anilines is 1. The van der Waals surface area contributed by atoms with Gasteiger partial charge in [0.15, 0.2) is 0 Å². The summed E-state index contributed by atoms with van der Waals surface area (Å²) in [5, 5.41) is 2.93. The fourth-order valence-corrected chi connectivity index (χ4v) is 3.43. The summed E-state index contributed by atoms with van der Waals surface area (Å²) in [6, 6.07) is 7.98. The van der Waals surface area contributed by atoms with Crippen molar-refractivity contribution in [3.8, 4) is 0 Å². The van der Waals surface area contributed by atoms with Crippen LogP contribution in [-0.2, 0) is 33.8 Å². The SMILES string of the molecule is Cc1nc(N2CCOCC2)[nH]c(=O)c1CCC(=O)NCc1cccc(COC(C)C)c1. The van der Waals surface area contributed by atoms with Crippen LogP contribution in [0.5, 0.6) is 0 Å². The molecule has 1 aromatic carbocycles. The van der Waals surface area contributed by atoms with Crippen molar-refractivity contribution in [2.45, 2.75) is 52.9 Å². The Morgan fingerprint density at radius 2 is 2.03 bits per heavy atom. The fourth-order valence-electron chi connectivity index (χ4n) is 3.43. The van der Waals surface area contributed by atoms with Crippen LogP contribution in [0.4, 0.5) is 5.95 Å². The monoisotopic (exact) mass is 428 g/mol. The largest absolute Gasteiger partial charge is 0.378 e. The number of aryl methyl sites for hydroxylation is 1. The van der Waals surface area contributed by atoms with Crippen molar-refractivity contribution in [2.24, 2.45) is 0 Å². The van der Waals surface area contributed by atoms with Gasteiger partial charge in [0.1, 0.15) is 0 Å². The number of hydrogen-bond donors (Lipinski definition) is 2. The molecule has 1 aromatic heterocycles. The summed E-state index contributed by atoms with van der Waals surface area (Å²) in [5.74, 6) is 0.472. The molecule has 1 aliphatic heterocycles. The molecule has 0 radical (unpaired) electrons. The molecule has 0 aliphatic carbocycles. The van der Waals surface area contributed by atoms with E-state index in [0.717, 1.165) is 11.1 Å². The molecule has 0 saturated carbocycles. The molecule has 8 heteroatoms. The highest BCUT2D eigenvalue weighted by molar-refractivity contribution is 5.76. The zero-order chi connectivity index (χ0) is 22.2. The average molecular weight is 429 g/mol. The molecule has 0 spiro atoms. The Kier molecular flexibility index (Phi) is 8.20. The van der Waals surface area contributed by atoms with E-state index in [1.54, 1.807) is 0 Å². The summed E-state index contributed by atoms with van der Waals surface area (Å²) < 4.78 is 11.0. The number of benzene rings is 1. The molecular formula is C23H32N4O4. The smallest absolute Gasteiger partial charge is 0.255 e. The van der Waals surface area contributed by atoms with Gasteiger partial charge in [0, 0.05) is 37.3 Å². The standard InChI is InChI=1S/C23H32N4O4/c1-16(2)31-15-19-6-4-5-18(13-19)14-24-21(28)8-7-20-17(3)25-23(26-22(20)29)27-9-11-30-12-10-27/h4-6,13,16H,7-12,14-15H2,1-3H3,(H,24,28)(H,25,26,29). The van der Waals surface area contributed by atoms with Crippen LogP contribution in [0.15, 0.2) is 29.1 Å². The van der Waals surface area contributed by atoms with Crippen molar-refractivity contribution in [1.82, 2.24) is 15.3 Å². The predicted molar refractivity (Wildman–Crippen MR) is 119 cm³/mol. The molecule has 3 rings (SSSR count). The van der Waals surface area contributed by atoms with Gasteiger partial charge in [0.2, 0.25) is 11.9 Å². The van der Waals surface area contributed by atoms with Gasteiger partial charge in [-0.2, -0.15) is 0 Å². The number of rotatable bonds is 9. The molecule has 8 nitrogen and oxygen atoms in total. The fraction of sp³-hybridized carbons (Fsp3) is 0.522. The summed E-state index contributed by atoms with van der Waals surface area (Å²) in [7, 11) is 0. The molecule has 1 fully saturated rings. The van der Waals surface area contributed by atoms with Gasteiger partial charge in [-0.05, 0) is 38.3 Å². The van der Waals surface area contributed by atoms with Crippen LogP contribution in [-0.4, -0.2) is 48.3 Å². The summed E-state index contributed by atoms with van der Waals surface area (Å²) in [4.78, 5) is 34.3. The van der Waals surface area contributed by atoms with Crippen LogP contribution in [0.25, 0.3) is 0 Å². The number of carbonyl (C=O) groups excluding carboxylic acids is 1. The van der Waals surface area contributed by atoms with Gasteiger partial charge in [-0.3, -0.25) is 14.6 Å². The molecule has 2 heterocycles. The number of hydrogen-bond acceptors (Lipinski definition) is 6. The number of nitrogens with one attached hydrogen (secondary N) is 2. The molecule has 1 aliphatic rings. The first-order valence-corrected chi connectivity index (χ1v) is 10.8. The van der Waals surface area contributed by atoms with Gasteiger partial charge < -0.3 is 19.7 Å². The molecule has 31 heavy (non-hydrogen) atoms. The van der Waals surface area contributed by atoms with E-state index in [2.05, 4.69) is 15.3 Å². The van der Waals surface area contributed by atoms with Gasteiger partial charge in [-0.15, -0.1) is 0 Å². The second kappa shape index (κ2) is 11.1. The van der Waals surface area contributed by atoms with Gasteiger partial charge in [-0.1, -0.05) is 24.3 Å². The van der Waals surface area contributed by atoms with Crippen molar-refractivity contribution < 1.29 is 14.3 Å². The lowest BCUT2D eigenvalue weighted by Gasteiger charge is -2.27. The van der Waals surface area contributed by atoms with Crippen LogP contribution >= 0.6 is 0 Å². The van der Waals surface area contributed by atoms with Crippen molar-refractivity contribution in [1.29, 1.82) is 0 Å². The van der Waals surface area contributed by atoms with Gasteiger partial charge >= 0.3 is 0 Å². The lowest BCUT2D eigenvalue weighted by atomic mass is 10.1. The van der Waals surface area contributed by atoms with Crippen LogP contribution in [0, 0.1) is 6.92 Å². The minimum absolute atomic E-state index is 0.0973. The first-order valence-electron chi connectivity index (χ1n) is 10.8. The number of amides is 1. The average Bonchev–Trinajstić information content (AvgIpc) is 2.76. The van der Waals surface area contributed by atoms with E-state index in [1.165, 1.54) is 0 Å². The van der Waals surface area contributed by atoms with E-state index in [4.69, 9.17) is 9.47 Å². The first-order chi connectivity index (χ1) is 14.9. The zero-order valence-corrected chi connectivity index (χ0v) is 18.6. The summed E-state index contributed by atoms with van der Waals surface area (Å²) >= 11 is 0. The maximum Gasteiger partial charge on any atom is 0.255 e. The molecule has 2 N–H and O–H groups in total. The molecule has 168 valence electrons. The van der Waals surface area contributed by atoms with E-state index in [9.17, 15) is 9.59 Å². The summed E-state index contributed by atoms with van der Waals surface area (Å²) in [6.45, 7) is 9.47. The van der Waals surface area contributed by atoms with Gasteiger partial charge in [0.25, 0.3) is 5.56 Å². The molecule has 0 atom stereocenters. The molecular weight excluding hydrogens is 396 g/mol. The summed E-state index contributed by atoms with van der Waals surface area (Å²) in [5.41, 5.74) is 3.13. The number of aromatic amines is 1.